The fourth-order valence-corrected chi connectivity index (χ4v) is 3.90. The van der Waals surface area contributed by atoms with Gasteiger partial charge in [0.1, 0.15) is 0 Å². The van der Waals surface area contributed by atoms with Crippen LogP contribution >= 0.6 is 11.8 Å². The first kappa shape index (κ1) is 13.7. The maximum absolute atomic E-state index is 3.75. The fourth-order valence-electron chi connectivity index (χ4n) is 2.78. The lowest BCUT2D eigenvalue weighted by Crippen LogP contribution is -2.24. The van der Waals surface area contributed by atoms with Gasteiger partial charge in [0.25, 0.3) is 0 Å². The molecule has 0 spiro atoms. The molecule has 0 amide bonds. The quantitative estimate of drug-likeness (QED) is 0.881. The Balaban J connectivity index is 1.75. The molecule has 1 nitrogen and oxygen atoms in total. The van der Waals surface area contributed by atoms with E-state index in [-0.39, 0.29) is 0 Å². The summed E-state index contributed by atoms with van der Waals surface area (Å²) < 4.78 is 0. The Morgan fingerprint density at radius 1 is 1.15 bits per heavy atom. The predicted molar refractivity (Wildman–Crippen MR) is 87.3 cm³/mol. The van der Waals surface area contributed by atoms with E-state index in [4.69, 9.17) is 0 Å². The Bertz CT molecular complexity index is 606. The summed E-state index contributed by atoms with van der Waals surface area (Å²) in [7, 11) is 0. The predicted octanol–water partition coefficient (Wildman–Crippen LogP) is 4.63. The number of thioether (sulfide) groups is 1. The van der Waals surface area contributed by atoms with Gasteiger partial charge < -0.3 is 5.32 Å². The van der Waals surface area contributed by atoms with Gasteiger partial charge in [-0.25, -0.2) is 0 Å². The van der Waals surface area contributed by atoms with Crippen LogP contribution in [0.2, 0.25) is 0 Å². The zero-order valence-corrected chi connectivity index (χ0v) is 13.0. The fraction of sp³-hybridized carbons (Fsp3) is 0.333. The second-order valence-corrected chi connectivity index (χ2v) is 6.68. The Morgan fingerprint density at radius 3 is 2.90 bits per heavy atom. The van der Waals surface area contributed by atoms with E-state index in [0.717, 1.165) is 6.54 Å². The lowest BCUT2D eigenvalue weighted by molar-refractivity contribution is 0.509. The summed E-state index contributed by atoms with van der Waals surface area (Å²) in [6.07, 6.45) is 1.21. The van der Waals surface area contributed by atoms with Crippen molar-refractivity contribution in [3.8, 4) is 0 Å². The first-order valence-corrected chi connectivity index (χ1v) is 8.24. The largest absolute Gasteiger partial charge is 0.306 e. The molecule has 2 heteroatoms. The molecule has 0 fully saturated rings. The third-order valence-electron chi connectivity index (χ3n) is 4.00. The minimum absolute atomic E-state index is 0.493. The molecule has 0 bridgehead atoms. The zero-order chi connectivity index (χ0) is 13.9. The lowest BCUT2D eigenvalue weighted by atomic mass is 10.0. The van der Waals surface area contributed by atoms with Gasteiger partial charge in [0.2, 0.25) is 0 Å². The highest BCUT2D eigenvalue weighted by Gasteiger charge is 2.19. The molecule has 1 unspecified atom stereocenters. The van der Waals surface area contributed by atoms with Crippen LogP contribution in [-0.2, 0) is 6.54 Å². The molecule has 1 aliphatic heterocycles. The minimum atomic E-state index is 0.493. The van der Waals surface area contributed by atoms with Crippen LogP contribution in [0, 0.1) is 13.8 Å². The van der Waals surface area contributed by atoms with Crippen molar-refractivity contribution in [2.75, 3.05) is 5.75 Å². The highest BCUT2D eigenvalue weighted by atomic mass is 32.2. The third-order valence-corrected chi connectivity index (χ3v) is 5.12. The molecule has 2 aromatic carbocycles. The number of nitrogens with one attached hydrogen (secondary N) is 1. The topological polar surface area (TPSA) is 12.0 Å². The summed E-state index contributed by atoms with van der Waals surface area (Å²) in [4.78, 5) is 1.44. The summed E-state index contributed by atoms with van der Waals surface area (Å²) in [6.45, 7) is 5.31. The van der Waals surface area contributed by atoms with Crippen LogP contribution in [0.3, 0.4) is 0 Å². The van der Waals surface area contributed by atoms with Gasteiger partial charge in [-0.3, -0.25) is 0 Å². The minimum Gasteiger partial charge on any atom is -0.306 e. The zero-order valence-electron chi connectivity index (χ0n) is 12.1. The van der Waals surface area contributed by atoms with Crippen LogP contribution < -0.4 is 5.32 Å². The summed E-state index contributed by atoms with van der Waals surface area (Å²) in [5.41, 5.74) is 5.60. The van der Waals surface area contributed by atoms with Gasteiger partial charge in [0, 0.05) is 17.5 Å². The molecule has 104 valence electrons. The van der Waals surface area contributed by atoms with Crippen LogP contribution in [0.4, 0.5) is 0 Å². The molecular weight excluding hydrogens is 262 g/mol. The highest BCUT2D eigenvalue weighted by molar-refractivity contribution is 7.99. The smallest absolute Gasteiger partial charge is 0.0342 e. The molecule has 2 aromatic rings. The second kappa shape index (κ2) is 6.02. The molecule has 0 aliphatic carbocycles. The molecule has 20 heavy (non-hydrogen) atoms. The first-order chi connectivity index (χ1) is 9.74. The van der Waals surface area contributed by atoms with Gasteiger partial charge in [-0.2, -0.15) is 0 Å². The summed E-state index contributed by atoms with van der Waals surface area (Å²) >= 11 is 1.98. The maximum Gasteiger partial charge on any atom is 0.0342 e. The van der Waals surface area contributed by atoms with E-state index in [2.05, 4.69) is 61.6 Å². The number of hydrogen-bond donors (Lipinski definition) is 1. The summed E-state index contributed by atoms with van der Waals surface area (Å²) in [6, 6.07) is 16.0. The maximum atomic E-state index is 3.75. The molecule has 0 aromatic heterocycles. The van der Waals surface area contributed by atoms with Gasteiger partial charge in [0.05, 0.1) is 0 Å². The highest BCUT2D eigenvalue weighted by Crippen LogP contribution is 2.35. The molecule has 0 saturated carbocycles. The van der Waals surface area contributed by atoms with Crippen molar-refractivity contribution in [2.24, 2.45) is 0 Å². The SMILES string of the molecule is Cc1ccc(C)c(CNC2CCSc3ccccc32)c1. The molecule has 1 aliphatic rings. The van der Waals surface area contributed by atoms with E-state index in [1.807, 2.05) is 11.8 Å². The van der Waals surface area contributed by atoms with E-state index in [9.17, 15) is 0 Å². The van der Waals surface area contributed by atoms with Crippen molar-refractivity contribution in [3.63, 3.8) is 0 Å². The van der Waals surface area contributed by atoms with E-state index in [0.29, 0.717) is 6.04 Å². The van der Waals surface area contributed by atoms with Gasteiger partial charge in [0.15, 0.2) is 0 Å². The van der Waals surface area contributed by atoms with Gasteiger partial charge >= 0.3 is 0 Å². The number of rotatable bonds is 3. The van der Waals surface area contributed by atoms with Crippen LogP contribution in [0.25, 0.3) is 0 Å². The van der Waals surface area contributed by atoms with Crippen molar-refractivity contribution in [3.05, 3.63) is 64.7 Å². The third kappa shape index (κ3) is 2.92. The number of fused-ring (bicyclic) bond motifs is 1. The lowest BCUT2D eigenvalue weighted by Gasteiger charge is -2.26. The molecule has 0 saturated heterocycles. The van der Waals surface area contributed by atoms with Gasteiger partial charge in [-0.15, -0.1) is 11.8 Å². The normalized spacial score (nSPS) is 17.8. The Hall–Kier alpha value is -1.25. The van der Waals surface area contributed by atoms with Crippen LogP contribution in [-0.4, -0.2) is 5.75 Å². The van der Waals surface area contributed by atoms with E-state index in [1.165, 1.54) is 39.3 Å². The van der Waals surface area contributed by atoms with E-state index >= 15 is 0 Å². The number of benzene rings is 2. The van der Waals surface area contributed by atoms with Crippen molar-refractivity contribution in [2.45, 2.75) is 37.8 Å². The molecule has 1 atom stereocenters. The molecule has 0 radical (unpaired) electrons. The second-order valence-electron chi connectivity index (χ2n) is 5.54. The van der Waals surface area contributed by atoms with Crippen molar-refractivity contribution < 1.29 is 0 Å². The molecule has 1 N–H and O–H groups in total. The Labute approximate surface area is 125 Å². The summed E-state index contributed by atoms with van der Waals surface area (Å²) in [5.74, 6) is 1.21. The molecule has 1 heterocycles. The van der Waals surface area contributed by atoms with Crippen molar-refractivity contribution in [1.29, 1.82) is 0 Å². The molecule has 3 rings (SSSR count). The standard InChI is InChI=1S/C18H21NS/c1-13-7-8-14(2)15(11-13)12-19-17-9-10-20-18-6-4-3-5-16(17)18/h3-8,11,17,19H,9-10,12H2,1-2H3. The van der Waals surface area contributed by atoms with E-state index in [1.54, 1.807) is 0 Å². The van der Waals surface area contributed by atoms with Gasteiger partial charge in [-0.1, -0.05) is 42.0 Å². The monoisotopic (exact) mass is 283 g/mol. The number of hydrogen-bond acceptors (Lipinski definition) is 2. The van der Waals surface area contributed by atoms with Crippen LogP contribution in [0.15, 0.2) is 47.4 Å². The van der Waals surface area contributed by atoms with Crippen molar-refractivity contribution in [1.82, 2.24) is 5.32 Å². The summed E-state index contributed by atoms with van der Waals surface area (Å²) in [5, 5.41) is 3.75. The Morgan fingerprint density at radius 2 is 2.00 bits per heavy atom. The number of aryl methyl sites for hydroxylation is 2. The van der Waals surface area contributed by atoms with E-state index < -0.39 is 0 Å². The van der Waals surface area contributed by atoms with Crippen molar-refractivity contribution >= 4 is 11.8 Å². The average molecular weight is 283 g/mol. The first-order valence-electron chi connectivity index (χ1n) is 7.25. The van der Waals surface area contributed by atoms with Crippen LogP contribution in [0.1, 0.15) is 34.7 Å². The van der Waals surface area contributed by atoms with Crippen LogP contribution in [0.5, 0.6) is 0 Å². The Kier molecular flexibility index (Phi) is 4.13. The average Bonchev–Trinajstić information content (AvgIpc) is 2.48. The molecular formula is C18H21NS. The van der Waals surface area contributed by atoms with Gasteiger partial charge in [-0.05, 0) is 48.8 Å².